The Morgan fingerprint density at radius 3 is 2.27 bits per heavy atom. The van der Waals surface area contributed by atoms with Crippen molar-refractivity contribution in [2.24, 2.45) is 0 Å². The van der Waals surface area contributed by atoms with Gasteiger partial charge >= 0.3 is 0 Å². The smallest absolute Gasteiger partial charge is 0.133 e. The van der Waals surface area contributed by atoms with Crippen LogP contribution in [0.4, 0.5) is 0 Å². The summed E-state index contributed by atoms with van der Waals surface area (Å²) in [4.78, 5) is 2.35. The quantitative estimate of drug-likeness (QED) is 0.611. The molecule has 0 heterocycles. The lowest BCUT2D eigenvalue weighted by Crippen LogP contribution is -3.00. The molecule has 0 aliphatic carbocycles. The molecule has 0 aliphatic rings. The first-order chi connectivity index (χ1) is 10.2. The average Bonchev–Trinajstić information content (AvgIpc) is 2.49. The number of aliphatic hydroxyl groups is 1. The molecule has 128 valence electrons. The van der Waals surface area contributed by atoms with Gasteiger partial charge < -0.3 is 27.2 Å². The van der Waals surface area contributed by atoms with E-state index in [-0.39, 0.29) is 12.4 Å². The molecule has 5 heteroatoms. The van der Waals surface area contributed by atoms with Gasteiger partial charge in [0.05, 0.1) is 4.47 Å². The number of halogens is 2. The number of rotatable bonds is 11. The third-order valence-corrected chi connectivity index (χ3v) is 4.05. The van der Waals surface area contributed by atoms with Crippen molar-refractivity contribution in [2.75, 3.05) is 26.2 Å². The molecule has 0 fully saturated rings. The summed E-state index contributed by atoms with van der Waals surface area (Å²) in [5.74, 6) is 0.783. The summed E-state index contributed by atoms with van der Waals surface area (Å²) in [6, 6.07) is 7.73. The van der Waals surface area contributed by atoms with Crippen LogP contribution in [-0.4, -0.2) is 42.4 Å². The summed E-state index contributed by atoms with van der Waals surface area (Å²) in [5.41, 5.74) is 0. The first-order valence-electron chi connectivity index (χ1n) is 7.95. The van der Waals surface area contributed by atoms with E-state index < -0.39 is 6.10 Å². The number of nitrogens with zero attached hydrogens (tertiary/aromatic N) is 1. The van der Waals surface area contributed by atoms with Crippen LogP contribution in [0.25, 0.3) is 0 Å². The number of hydrogen-bond donors (Lipinski definition) is 1. The second-order valence-corrected chi connectivity index (χ2v) is 6.26. The number of aliphatic hydroxyl groups excluding tert-OH is 1. The third kappa shape index (κ3) is 8.99. The van der Waals surface area contributed by atoms with E-state index in [9.17, 15) is 5.11 Å². The van der Waals surface area contributed by atoms with Crippen LogP contribution in [0, 0.1) is 0 Å². The van der Waals surface area contributed by atoms with Crippen LogP contribution in [0.5, 0.6) is 5.75 Å². The highest BCUT2D eigenvalue weighted by atomic mass is 79.9. The molecule has 0 aromatic heterocycles. The zero-order valence-corrected chi connectivity index (χ0v) is 15.9. The second-order valence-electron chi connectivity index (χ2n) is 5.40. The van der Waals surface area contributed by atoms with E-state index in [0.29, 0.717) is 13.2 Å². The average molecular weight is 394 g/mol. The monoisotopic (exact) mass is 392 g/mol. The van der Waals surface area contributed by atoms with Gasteiger partial charge in [-0.05, 0) is 54.0 Å². The zero-order valence-electron chi connectivity index (χ0n) is 13.6. The van der Waals surface area contributed by atoms with E-state index >= 15 is 0 Å². The van der Waals surface area contributed by atoms with Crippen LogP contribution in [0.1, 0.15) is 39.5 Å². The molecule has 1 aromatic rings. The Morgan fingerprint density at radius 1 is 1.14 bits per heavy atom. The molecule has 0 saturated heterocycles. The third-order valence-electron chi connectivity index (χ3n) is 3.39. The fraction of sp³-hybridized carbons (Fsp3) is 0.647. The Kier molecular flexibility index (Phi) is 13.0. The molecule has 22 heavy (non-hydrogen) atoms. The van der Waals surface area contributed by atoms with Gasteiger partial charge in [-0.1, -0.05) is 38.8 Å². The highest BCUT2D eigenvalue weighted by molar-refractivity contribution is 9.10. The van der Waals surface area contributed by atoms with Crippen LogP contribution < -0.4 is 17.1 Å². The van der Waals surface area contributed by atoms with Crippen LogP contribution in [0.15, 0.2) is 28.7 Å². The van der Waals surface area contributed by atoms with Crippen molar-refractivity contribution in [1.29, 1.82) is 0 Å². The van der Waals surface area contributed by atoms with E-state index in [4.69, 9.17) is 4.74 Å². The van der Waals surface area contributed by atoms with Crippen molar-refractivity contribution in [3.05, 3.63) is 28.7 Å². The molecule has 1 atom stereocenters. The molecular weight excluding hydrogens is 366 g/mol. The minimum absolute atomic E-state index is 0. The van der Waals surface area contributed by atoms with Crippen LogP contribution in [0.3, 0.4) is 0 Å². The maximum Gasteiger partial charge on any atom is 0.133 e. The lowest BCUT2D eigenvalue weighted by molar-refractivity contribution is -0.00000666. The van der Waals surface area contributed by atoms with Gasteiger partial charge in [-0.15, -0.1) is 0 Å². The van der Waals surface area contributed by atoms with Crippen molar-refractivity contribution < 1.29 is 22.3 Å². The second kappa shape index (κ2) is 13.2. The van der Waals surface area contributed by atoms with Crippen molar-refractivity contribution in [2.45, 2.75) is 45.6 Å². The van der Waals surface area contributed by atoms with Crippen molar-refractivity contribution >= 4 is 15.9 Å². The lowest BCUT2D eigenvalue weighted by Gasteiger charge is -2.25. The minimum Gasteiger partial charge on any atom is -1.00 e. The van der Waals surface area contributed by atoms with Crippen molar-refractivity contribution in [3.63, 3.8) is 0 Å². The molecule has 1 rings (SSSR count). The number of benzene rings is 1. The molecule has 0 saturated carbocycles. The van der Waals surface area contributed by atoms with E-state index in [1.165, 1.54) is 25.7 Å². The molecular formula is C17H28BrClNO2-. The summed E-state index contributed by atoms with van der Waals surface area (Å²) in [6.45, 7) is 7.53. The zero-order chi connectivity index (χ0) is 15.5. The fourth-order valence-corrected chi connectivity index (χ4v) is 2.56. The number of para-hydroxylation sites is 1. The molecule has 3 nitrogen and oxygen atoms in total. The Morgan fingerprint density at radius 2 is 1.73 bits per heavy atom. The topological polar surface area (TPSA) is 32.7 Å². The first kappa shape index (κ1) is 21.7. The summed E-state index contributed by atoms with van der Waals surface area (Å²) >= 11 is 3.45. The predicted octanol–water partition coefficient (Wildman–Crippen LogP) is 1.09. The number of unbranched alkanes of at least 4 members (excludes halogenated alkanes) is 2. The van der Waals surface area contributed by atoms with E-state index in [2.05, 4.69) is 34.7 Å². The Hall–Kier alpha value is -0.290. The van der Waals surface area contributed by atoms with Gasteiger partial charge in [-0.3, -0.25) is 0 Å². The highest BCUT2D eigenvalue weighted by Gasteiger charge is 2.12. The van der Waals surface area contributed by atoms with Crippen LogP contribution >= 0.6 is 15.9 Å². The number of ether oxygens (including phenoxy) is 1. The predicted molar refractivity (Wildman–Crippen MR) is 91.9 cm³/mol. The van der Waals surface area contributed by atoms with Crippen LogP contribution in [0.2, 0.25) is 0 Å². The Balaban J connectivity index is 0.00000441. The number of hydrogen-bond acceptors (Lipinski definition) is 3. The molecule has 0 amide bonds. The van der Waals surface area contributed by atoms with Gasteiger partial charge in [0.2, 0.25) is 0 Å². The Labute approximate surface area is 149 Å². The van der Waals surface area contributed by atoms with Gasteiger partial charge in [0.1, 0.15) is 18.5 Å². The van der Waals surface area contributed by atoms with Gasteiger partial charge in [0.25, 0.3) is 0 Å². The summed E-state index contributed by atoms with van der Waals surface area (Å²) in [6.07, 6.45) is 4.28. The minimum atomic E-state index is -0.453. The molecule has 1 aromatic carbocycles. The van der Waals surface area contributed by atoms with Gasteiger partial charge in [-0.25, -0.2) is 0 Å². The SMILES string of the molecule is CCCCN(CCCC)CC(O)COc1ccccc1Br.[Cl-]. The van der Waals surface area contributed by atoms with Gasteiger partial charge in [0, 0.05) is 6.54 Å². The molecule has 1 unspecified atom stereocenters. The molecule has 1 N–H and O–H groups in total. The lowest BCUT2D eigenvalue weighted by atomic mass is 10.2. The van der Waals surface area contributed by atoms with Gasteiger partial charge in [-0.2, -0.15) is 0 Å². The van der Waals surface area contributed by atoms with E-state index in [0.717, 1.165) is 23.3 Å². The van der Waals surface area contributed by atoms with E-state index in [1.807, 2.05) is 24.3 Å². The highest BCUT2D eigenvalue weighted by Crippen LogP contribution is 2.23. The van der Waals surface area contributed by atoms with Crippen LogP contribution in [-0.2, 0) is 0 Å². The molecule has 0 aliphatic heterocycles. The maximum absolute atomic E-state index is 10.2. The van der Waals surface area contributed by atoms with Gasteiger partial charge in [0.15, 0.2) is 0 Å². The maximum atomic E-state index is 10.2. The van der Waals surface area contributed by atoms with Crippen molar-refractivity contribution in [1.82, 2.24) is 4.90 Å². The summed E-state index contributed by atoms with van der Waals surface area (Å²) in [5, 5.41) is 10.2. The molecule has 0 spiro atoms. The normalized spacial score (nSPS) is 12.0. The Bertz CT molecular complexity index is 385. The standard InChI is InChI=1S/C17H28BrNO2.ClH/c1-3-5-11-19(12-6-4-2)13-15(20)14-21-17-10-8-7-9-16(17)18;/h7-10,15,20H,3-6,11-14H2,1-2H3;1H/p-1. The molecule has 0 bridgehead atoms. The fourth-order valence-electron chi connectivity index (χ4n) is 2.16. The molecule has 0 radical (unpaired) electrons. The van der Waals surface area contributed by atoms with Crippen molar-refractivity contribution in [3.8, 4) is 5.75 Å². The summed E-state index contributed by atoms with van der Waals surface area (Å²) < 4.78 is 6.61. The first-order valence-corrected chi connectivity index (χ1v) is 8.74. The van der Waals surface area contributed by atoms with E-state index in [1.54, 1.807) is 0 Å². The largest absolute Gasteiger partial charge is 1.00 e. The summed E-state index contributed by atoms with van der Waals surface area (Å²) in [7, 11) is 0.